The highest BCUT2D eigenvalue weighted by Crippen LogP contribution is 2.39. The van der Waals surface area contributed by atoms with Gasteiger partial charge in [0.1, 0.15) is 11.4 Å². The number of ether oxygens (including phenoxy) is 2. The average molecular weight is 617 g/mol. The second kappa shape index (κ2) is 12.1. The van der Waals surface area contributed by atoms with Crippen LogP contribution in [-0.4, -0.2) is 44.0 Å². The number of nitrogens with zero attached hydrogens (tertiary/aromatic N) is 3. The molecular formula is C33H34BrN3O4. The molecule has 0 bridgehead atoms. The van der Waals surface area contributed by atoms with Crippen molar-refractivity contribution in [1.82, 2.24) is 14.3 Å². The molecule has 0 saturated heterocycles. The number of benzene rings is 3. The number of para-hydroxylation sites is 1. The maximum atomic E-state index is 12.8. The minimum Gasteiger partial charge on any atom is -0.493 e. The number of hydrogen-bond donors (Lipinski definition) is 1. The van der Waals surface area contributed by atoms with Crippen molar-refractivity contribution in [2.45, 2.75) is 45.3 Å². The Morgan fingerprint density at radius 3 is 2.71 bits per heavy atom. The van der Waals surface area contributed by atoms with Crippen molar-refractivity contribution in [2.75, 3.05) is 18.5 Å². The molecule has 0 atom stereocenters. The molecule has 3 heterocycles. The molecule has 1 aliphatic heterocycles. The van der Waals surface area contributed by atoms with Crippen molar-refractivity contribution >= 4 is 43.6 Å². The Bertz CT molecular complexity index is 1720. The predicted octanol–water partition coefficient (Wildman–Crippen LogP) is 7.15. The van der Waals surface area contributed by atoms with Crippen LogP contribution in [0.25, 0.3) is 32.8 Å². The highest BCUT2D eigenvalue weighted by Gasteiger charge is 2.27. The number of rotatable bonds is 8. The molecule has 0 amide bonds. The zero-order chi connectivity index (χ0) is 28.3. The number of aromatic carboxylic acids is 1. The van der Waals surface area contributed by atoms with E-state index < -0.39 is 5.97 Å². The quantitative estimate of drug-likeness (QED) is 0.148. The van der Waals surface area contributed by atoms with E-state index in [2.05, 4.69) is 46.3 Å². The van der Waals surface area contributed by atoms with Gasteiger partial charge in [-0.15, -0.1) is 0 Å². The third-order valence-electron chi connectivity index (χ3n) is 7.97. The van der Waals surface area contributed by atoms with Gasteiger partial charge in [0.25, 0.3) is 0 Å². The molecule has 0 fully saturated rings. The summed E-state index contributed by atoms with van der Waals surface area (Å²) in [6.45, 7) is 2.22. The number of carboxylic acids is 1. The smallest absolute Gasteiger partial charge is 0.352 e. The molecule has 1 N–H and O–H groups in total. The van der Waals surface area contributed by atoms with Crippen LogP contribution in [0.15, 0.2) is 60.7 Å². The van der Waals surface area contributed by atoms with Crippen LogP contribution in [0.1, 0.15) is 46.7 Å². The van der Waals surface area contributed by atoms with Gasteiger partial charge in [0.15, 0.2) is 0 Å². The van der Waals surface area contributed by atoms with Gasteiger partial charge in [-0.05, 0) is 42.7 Å². The van der Waals surface area contributed by atoms with E-state index in [1.54, 1.807) is 0 Å². The van der Waals surface area contributed by atoms with Crippen molar-refractivity contribution in [2.24, 2.45) is 7.05 Å². The van der Waals surface area contributed by atoms with Crippen LogP contribution in [-0.2, 0) is 37.8 Å². The summed E-state index contributed by atoms with van der Waals surface area (Å²) in [6.07, 6.45) is 3.77. The molecule has 6 rings (SSSR count). The maximum absolute atomic E-state index is 12.8. The molecule has 0 unspecified atom stereocenters. The number of hydrogen-bond acceptors (Lipinski definition) is 4. The van der Waals surface area contributed by atoms with Crippen molar-refractivity contribution in [3.8, 4) is 16.9 Å². The second-order valence-electron chi connectivity index (χ2n) is 10.5. The largest absolute Gasteiger partial charge is 0.493 e. The Hall–Kier alpha value is -3.62. The minimum atomic E-state index is -0.893. The van der Waals surface area contributed by atoms with Gasteiger partial charge in [-0.2, -0.15) is 5.10 Å². The number of halogens is 1. The molecule has 2 aromatic heterocycles. The first kappa shape index (κ1) is 27.5. The zero-order valence-electron chi connectivity index (χ0n) is 23.2. The van der Waals surface area contributed by atoms with Gasteiger partial charge in [-0.1, -0.05) is 70.5 Å². The van der Waals surface area contributed by atoms with E-state index in [1.807, 2.05) is 46.6 Å². The van der Waals surface area contributed by atoms with Gasteiger partial charge in [0.05, 0.1) is 30.1 Å². The molecule has 0 aliphatic carbocycles. The number of aryl methyl sites for hydroxylation is 4. The van der Waals surface area contributed by atoms with Crippen molar-refractivity contribution in [1.29, 1.82) is 0 Å². The van der Waals surface area contributed by atoms with Crippen molar-refractivity contribution in [3.63, 3.8) is 0 Å². The minimum absolute atomic E-state index is 0.380. The summed E-state index contributed by atoms with van der Waals surface area (Å²) >= 11 is 3.59. The highest BCUT2D eigenvalue weighted by atomic mass is 79.9. The number of alkyl halides is 1. The normalized spacial score (nSPS) is 13.7. The molecule has 8 heteroatoms. The van der Waals surface area contributed by atoms with E-state index in [9.17, 15) is 9.90 Å². The summed E-state index contributed by atoms with van der Waals surface area (Å²) in [5.74, 6) is -0.0401. The van der Waals surface area contributed by atoms with Crippen LogP contribution in [0.3, 0.4) is 0 Å². The lowest BCUT2D eigenvalue weighted by molar-refractivity contribution is 0.0683. The Morgan fingerprint density at radius 2 is 1.85 bits per heavy atom. The lowest BCUT2D eigenvalue weighted by Crippen LogP contribution is -2.12. The molecule has 5 aromatic rings. The van der Waals surface area contributed by atoms with Gasteiger partial charge < -0.3 is 19.1 Å². The van der Waals surface area contributed by atoms with Gasteiger partial charge in [0.2, 0.25) is 0 Å². The second-order valence-corrected chi connectivity index (χ2v) is 11.3. The van der Waals surface area contributed by atoms with E-state index in [1.165, 1.54) is 0 Å². The fourth-order valence-corrected chi connectivity index (χ4v) is 6.53. The van der Waals surface area contributed by atoms with Crippen molar-refractivity contribution < 1.29 is 19.4 Å². The Labute approximate surface area is 247 Å². The molecule has 1 aliphatic rings. The first-order valence-electron chi connectivity index (χ1n) is 14.2. The van der Waals surface area contributed by atoms with E-state index in [4.69, 9.17) is 14.6 Å². The SMILES string of the molecule is Cn1nc(CCBr)c2c1COCCCCn1c(C(=O)O)c(CCCOc3cccc4ccccc34)c3cccc-2c31. The summed E-state index contributed by atoms with van der Waals surface area (Å²) in [5, 5.41) is 19.4. The molecule has 0 radical (unpaired) electrons. The topological polar surface area (TPSA) is 78.5 Å². The lowest BCUT2D eigenvalue weighted by Gasteiger charge is -2.12. The number of fused-ring (bicyclic) bond motifs is 3. The van der Waals surface area contributed by atoms with Crippen molar-refractivity contribution in [3.05, 3.63) is 83.3 Å². The van der Waals surface area contributed by atoms with Crippen LogP contribution in [0.2, 0.25) is 0 Å². The summed E-state index contributed by atoms with van der Waals surface area (Å²) in [5.41, 5.74) is 6.31. The van der Waals surface area contributed by atoms with Gasteiger partial charge in [-0.3, -0.25) is 4.68 Å². The third kappa shape index (κ3) is 5.26. The van der Waals surface area contributed by atoms with E-state index in [0.717, 1.165) is 80.1 Å². The summed E-state index contributed by atoms with van der Waals surface area (Å²) in [6, 6.07) is 20.5. The number of carbonyl (C=O) groups is 1. The Morgan fingerprint density at radius 1 is 1.05 bits per heavy atom. The molecule has 7 nitrogen and oxygen atoms in total. The molecule has 3 aromatic carbocycles. The maximum Gasteiger partial charge on any atom is 0.352 e. The van der Waals surface area contributed by atoms with Crippen LogP contribution < -0.4 is 4.74 Å². The van der Waals surface area contributed by atoms with E-state index >= 15 is 0 Å². The summed E-state index contributed by atoms with van der Waals surface area (Å²) in [4.78, 5) is 12.8. The molecule has 0 spiro atoms. The number of aromatic nitrogens is 3. The lowest BCUT2D eigenvalue weighted by atomic mass is 9.97. The van der Waals surface area contributed by atoms with Gasteiger partial charge >= 0.3 is 5.97 Å². The molecular weight excluding hydrogens is 582 g/mol. The molecule has 41 heavy (non-hydrogen) atoms. The first-order valence-corrected chi connectivity index (χ1v) is 15.4. The summed E-state index contributed by atoms with van der Waals surface area (Å²) in [7, 11) is 1.96. The number of carboxylic acid groups (broad SMARTS) is 1. The van der Waals surface area contributed by atoms with E-state index in [0.29, 0.717) is 44.9 Å². The Balaban J connectivity index is 1.41. The standard InChI is InChI=1S/C33H34BrN3O4/c1-36-28-21-40-19-5-4-18-37-31-24(12-7-13-26(31)30(28)27(35-36)16-17-34)25(32(37)33(38)39)14-8-20-41-29-15-6-10-22-9-2-3-11-23(22)29/h2-3,6-7,9-13,15H,4-5,8,14,16-21H2,1H3,(H,38,39). The predicted molar refractivity (Wildman–Crippen MR) is 165 cm³/mol. The first-order chi connectivity index (χ1) is 20.1. The average Bonchev–Trinajstić information content (AvgIpc) is 3.45. The third-order valence-corrected chi connectivity index (χ3v) is 8.36. The van der Waals surface area contributed by atoms with Gasteiger partial charge in [0, 0.05) is 53.8 Å². The van der Waals surface area contributed by atoms with Crippen LogP contribution in [0.5, 0.6) is 5.75 Å². The van der Waals surface area contributed by atoms with Crippen LogP contribution in [0.4, 0.5) is 0 Å². The van der Waals surface area contributed by atoms with Gasteiger partial charge in [-0.25, -0.2) is 4.79 Å². The van der Waals surface area contributed by atoms with Crippen LogP contribution in [0, 0.1) is 0 Å². The molecule has 212 valence electrons. The fraction of sp³-hybridized carbons (Fsp3) is 0.333. The monoisotopic (exact) mass is 615 g/mol. The zero-order valence-corrected chi connectivity index (χ0v) is 24.8. The Kier molecular flexibility index (Phi) is 8.12. The van der Waals surface area contributed by atoms with Crippen LogP contribution >= 0.6 is 15.9 Å². The summed E-state index contributed by atoms with van der Waals surface area (Å²) < 4.78 is 16.2. The van der Waals surface area contributed by atoms with E-state index in [-0.39, 0.29) is 0 Å². The highest BCUT2D eigenvalue weighted by molar-refractivity contribution is 9.09. The fourth-order valence-electron chi connectivity index (χ4n) is 6.16. The molecule has 0 saturated carbocycles.